The van der Waals surface area contributed by atoms with Crippen LogP contribution in [0.3, 0.4) is 0 Å². The molecule has 0 bridgehead atoms. The second-order valence-electron chi connectivity index (χ2n) is 4.61. The average molecular weight is 298 g/mol. The smallest absolute Gasteiger partial charge is 0.256 e. The topological polar surface area (TPSA) is 36.4 Å². The number of carbonyl (C=O) groups is 1. The maximum atomic E-state index is 12.4. The molecular weight excluding hydrogens is 274 g/mol. The zero-order valence-corrected chi connectivity index (χ0v) is 13.4. The third-order valence-corrected chi connectivity index (χ3v) is 3.76. The van der Waals surface area contributed by atoms with Crippen LogP contribution in [-0.2, 0) is 0 Å². The van der Waals surface area contributed by atoms with E-state index in [1.54, 1.807) is 18.3 Å². The molecule has 20 heavy (non-hydrogen) atoms. The van der Waals surface area contributed by atoms with E-state index in [1.165, 1.54) is 0 Å². The minimum atomic E-state index is -0.0369. The Kier molecular flexibility index (Phi) is 7.55. The van der Waals surface area contributed by atoms with E-state index in [1.807, 2.05) is 11.8 Å². The van der Waals surface area contributed by atoms with Crippen LogP contribution in [0.1, 0.15) is 37.6 Å². The molecule has 4 nitrogen and oxygen atoms in total. The van der Waals surface area contributed by atoms with Crippen LogP contribution in [-0.4, -0.2) is 53.4 Å². The molecule has 0 saturated heterocycles. The number of carbonyl (C=O) groups excluding carboxylic acids is 1. The van der Waals surface area contributed by atoms with Crippen LogP contribution < -0.4 is 0 Å². The molecule has 1 amide bonds. The zero-order chi connectivity index (χ0) is 15.0. The first kappa shape index (κ1) is 16.9. The Bertz CT molecular complexity index is 421. The fourth-order valence-electron chi connectivity index (χ4n) is 2.14. The second-order valence-corrected chi connectivity index (χ2v) is 4.97. The van der Waals surface area contributed by atoms with Gasteiger partial charge in [0.1, 0.15) is 5.15 Å². The van der Waals surface area contributed by atoms with Gasteiger partial charge in [-0.1, -0.05) is 25.4 Å². The molecule has 0 unspecified atom stereocenters. The summed E-state index contributed by atoms with van der Waals surface area (Å²) < 4.78 is 0. The van der Waals surface area contributed by atoms with E-state index >= 15 is 0 Å². The molecule has 0 fully saturated rings. The van der Waals surface area contributed by atoms with E-state index in [4.69, 9.17) is 11.6 Å². The van der Waals surface area contributed by atoms with Crippen LogP contribution in [0.5, 0.6) is 0 Å². The van der Waals surface area contributed by atoms with Crippen molar-refractivity contribution in [3.8, 4) is 0 Å². The standard InChI is InChI=1S/C15H24ClN3O/c1-4-18(5-2)11-8-12-19(6-3)15(20)13-9-7-10-17-14(13)16/h7,9-10H,4-6,8,11-12H2,1-3H3. The summed E-state index contributed by atoms with van der Waals surface area (Å²) in [5.74, 6) is -0.0369. The second kappa shape index (κ2) is 8.93. The van der Waals surface area contributed by atoms with Gasteiger partial charge < -0.3 is 9.80 Å². The molecule has 0 saturated carbocycles. The van der Waals surface area contributed by atoms with Crippen LogP contribution in [0.4, 0.5) is 0 Å². The molecular formula is C15H24ClN3O. The van der Waals surface area contributed by atoms with E-state index in [-0.39, 0.29) is 11.1 Å². The molecule has 0 aliphatic carbocycles. The SMILES string of the molecule is CCN(CC)CCCN(CC)C(=O)c1cccnc1Cl. The number of halogens is 1. The molecule has 0 radical (unpaired) electrons. The molecule has 0 aliphatic heterocycles. The Morgan fingerprint density at radius 2 is 1.90 bits per heavy atom. The number of amides is 1. The van der Waals surface area contributed by atoms with Gasteiger partial charge in [0, 0.05) is 19.3 Å². The van der Waals surface area contributed by atoms with E-state index in [0.717, 1.165) is 32.6 Å². The van der Waals surface area contributed by atoms with Gasteiger partial charge in [-0.2, -0.15) is 0 Å². The highest BCUT2D eigenvalue weighted by molar-refractivity contribution is 6.32. The molecule has 0 aliphatic rings. The maximum Gasteiger partial charge on any atom is 0.256 e. The van der Waals surface area contributed by atoms with Crippen LogP contribution in [0.2, 0.25) is 5.15 Å². The van der Waals surface area contributed by atoms with Crippen molar-refractivity contribution in [2.45, 2.75) is 27.2 Å². The summed E-state index contributed by atoms with van der Waals surface area (Å²) in [4.78, 5) is 20.5. The Balaban J connectivity index is 2.58. The maximum absolute atomic E-state index is 12.4. The minimum absolute atomic E-state index is 0.0369. The van der Waals surface area contributed by atoms with Gasteiger partial charge in [-0.15, -0.1) is 0 Å². The minimum Gasteiger partial charge on any atom is -0.339 e. The summed E-state index contributed by atoms with van der Waals surface area (Å²) >= 11 is 5.98. The predicted molar refractivity (Wildman–Crippen MR) is 83.2 cm³/mol. The summed E-state index contributed by atoms with van der Waals surface area (Å²) in [6.45, 7) is 10.8. The van der Waals surface area contributed by atoms with Crippen molar-refractivity contribution >= 4 is 17.5 Å². The van der Waals surface area contributed by atoms with Crippen molar-refractivity contribution in [2.75, 3.05) is 32.7 Å². The molecule has 1 rings (SSSR count). The first-order valence-corrected chi connectivity index (χ1v) is 7.63. The number of hydrogen-bond acceptors (Lipinski definition) is 3. The van der Waals surface area contributed by atoms with Gasteiger partial charge in [-0.05, 0) is 45.1 Å². The normalized spacial score (nSPS) is 10.8. The molecule has 5 heteroatoms. The number of hydrogen-bond donors (Lipinski definition) is 0. The quantitative estimate of drug-likeness (QED) is 0.692. The summed E-state index contributed by atoms with van der Waals surface area (Å²) in [5.41, 5.74) is 0.485. The van der Waals surface area contributed by atoms with Crippen LogP contribution in [0.15, 0.2) is 18.3 Å². The summed E-state index contributed by atoms with van der Waals surface area (Å²) in [7, 11) is 0. The van der Waals surface area contributed by atoms with Crippen LogP contribution in [0, 0.1) is 0 Å². The van der Waals surface area contributed by atoms with Gasteiger partial charge in [0.05, 0.1) is 5.56 Å². The fourth-order valence-corrected chi connectivity index (χ4v) is 2.34. The number of aromatic nitrogens is 1. The van der Waals surface area contributed by atoms with Gasteiger partial charge >= 0.3 is 0 Å². The van der Waals surface area contributed by atoms with Gasteiger partial charge in [0.2, 0.25) is 0 Å². The van der Waals surface area contributed by atoms with Gasteiger partial charge in [-0.3, -0.25) is 4.79 Å². The van der Waals surface area contributed by atoms with E-state index in [9.17, 15) is 4.79 Å². The predicted octanol–water partition coefficient (Wildman–Crippen LogP) is 2.93. The third kappa shape index (κ3) is 4.76. The molecule has 0 N–H and O–H groups in total. The molecule has 1 heterocycles. The Hall–Kier alpha value is -1.13. The lowest BCUT2D eigenvalue weighted by molar-refractivity contribution is 0.0757. The van der Waals surface area contributed by atoms with E-state index in [0.29, 0.717) is 12.1 Å². The molecule has 1 aromatic heterocycles. The Labute approximate surface area is 126 Å². The number of nitrogens with zero attached hydrogens (tertiary/aromatic N) is 3. The number of pyridine rings is 1. The molecule has 0 atom stereocenters. The Morgan fingerprint density at radius 1 is 1.20 bits per heavy atom. The van der Waals surface area contributed by atoms with E-state index < -0.39 is 0 Å². The molecule has 0 spiro atoms. The van der Waals surface area contributed by atoms with Crippen molar-refractivity contribution in [2.24, 2.45) is 0 Å². The highest BCUT2D eigenvalue weighted by atomic mass is 35.5. The first-order chi connectivity index (χ1) is 9.63. The monoisotopic (exact) mass is 297 g/mol. The first-order valence-electron chi connectivity index (χ1n) is 7.26. The highest BCUT2D eigenvalue weighted by Crippen LogP contribution is 2.14. The van der Waals surface area contributed by atoms with E-state index in [2.05, 4.69) is 23.7 Å². The van der Waals surface area contributed by atoms with Crippen molar-refractivity contribution < 1.29 is 4.79 Å². The summed E-state index contributed by atoms with van der Waals surface area (Å²) in [6, 6.07) is 3.47. The average Bonchev–Trinajstić information content (AvgIpc) is 2.47. The van der Waals surface area contributed by atoms with Crippen LogP contribution >= 0.6 is 11.6 Å². The zero-order valence-electron chi connectivity index (χ0n) is 12.6. The largest absolute Gasteiger partial charge is 0.339 e. The van der Waals surface area contributed by atoms with Crippen LogP contribution in [0.25, 0.3) is 0 Å². The molecule has 112 valence electrons. The molecule has 1 aromatic rings. The van der Waals surface area contributed by atoms with Crippen molar-refractivity contribution in [3.05, 3.63) is 29.0 Å². The van der Waals surface area contributed by atoms with Crippen molar-refractivity contribution in [3.63, 3.8) is 0 Å². The third-order valence-electron chi connectivity index (χ3n) is 3.46. The highest BCUT2D eigenvalue weighted by Gasteiger charge is 2.17. The summed E-state index contributed by atoms with van der Waals surface area (Å²) in [6.07, 6.45) is 2.56. The van der Waals surface area contributed by atoms with Gasteiger partial charge in [0.15, 0.2) is 0 Å². The molecule has 0 aromatic carbocycles. The fraction of sp³-hybridized carbons (Fsp3) is 0.600. The lowest BCUT2D eigenvalue weighted by Gasteiger charge is -2.23. The van der Waals surface area contributed by atoms with Gasteiger partial charge in [0.25, 0.3) is 5.91 Å². The van der Waals surface area contributed by atoms with Crippen molar-refractivity contribution in [1.29, 1.82) is 0 Å². The van der Waals surface area contributed by atoms with Gasteiger partial charge in [-0.25, -0.2) is 4.98 Å². The lowest BCUT2D eigenvalue weighted by atomic mass is 10.2. The number of rotatable bonds is 8. The summed E-state index contributed by atoms with van der Waals surface area (Å²) in [5, 5.41) is 0.277. The van der Waals surface area contributed by atoms with Crippen molar-refractivity contribution in [1.82, 2.24) is 14.8 Å². The Morgan fingerprint density at radius 3 is 2.45 bits per heavy atom. The lowest BCUT2D eigenvalue weighted by Crippen LogP contribution is -2.34.